The number of hydrogen-bond donors (Lipinski definition) is 3. The maximum atomic E-state index is 9.84. The number of nitrogens with two attached hydrogens (primary N) is 1. The molecule has 0 saturated heterocycles. The largest absolute Gasteiger partial charge is 0.388 e. The smallest absolute Gasteiger partial charge is 0.181 e. The van der Waals surface area contributed by atoms with Crippen LogP contribution in [0.3, 0.4) is 0 Å². The fourth-order valence-electron chi connectivity index (χ4n) is 1.52. The van der Waals surface area contributed by atoms with Gasteiger partial charge in [0.05, 0.1) is 5.60 Å². The van der Waals surface area contributed by atoms with Crippen LogP contribution in [0.25, 0.3) is 11.4 Å². The molecule has 90 valence electrons. The van der Waals surface area contributed by atoms with Crippen molar-refractivity contribution in [3.8, 4) is 11.4 Å². The van der Waals surface area contributed by atoms with Crippen LogP contribution in [0.4, 0.5) is 0 Å². The lowest BCUT2D eigenvalue weighted by Gasteiger charge is -2.18. The fraction of sp³-hybridized carbons (Fsp3) is 0.333. The highest BCUT2D eigenvalue weighted by atomic mass is 16.3. The third kappa shape index (κ3) is 2.89. The molecule has 17 heavy (non-hydrogen) atoms. The highest BCUT2D eigenvalue weighted by Crippen LogP contribution is 2.15. The molecule has 1 heterocycles. The first-order chi connectivity index (χ1) is 8.11. The predicted molar refractivity (Wildman–Crippen MR) is 65.2 cm³/mol. The predicted octanol–water partition coefficient (Wildman–Crippen LogP) is 0.724. The van der Waals surface area contributed by atoms with Gasteiger partial charge in [-0.05, 0) is 6.92 Å². The topological polar surface area (TPSA) is 87.8 Å². The number of rotatable bonds is 4. The minimum absolute atomic E-state index is 0.189. The molecule has 0 saturated carbocycles. The number of aromatic nitrogens is 3. The summed E-state index contributed by atoms with van der Waals surface area (Å²) in [6.45, 7) is 1.87. The van der Waals surface area contributed by atoms with Gasteiger partial charge in [-0.3, -0.25) is 5.10 Å². The molecule has 0 radical (unpaired) electrons. The van der Waals surface area contributed by atoms with Crippen LogP contribution in [0.15, 0.2) is 30.3 Å². The van der Waals surface area contributed by atoms with Gasteiger partial charge in [-0.2, -0.15) is 5.10 Å². The minimum Gasteiger partial charge on any atom is -0.388 e. The zero-order valence-electron chi connectivity index (χ0n) is 9.72. The van der Waals surface area contributed by atoms with Crippen LogP contribution in [0.5, 0.6) is 0 Å². The summed E-state index contributed by atoms with van der Waals surface area (Å²) in [6, 6.07) is 9.68. The van der Waals surface area contributed by atoms with Crippen LogP contribution in [-0.2, 0) is 6.42 Å². The summed E-state index contributed by atoms with van der Waals surface area (Å²) in [5.74, 6) is 1.27. The molecule has 0 aliphatic rings. The Hall–Kier alpha value is -1.72. The van der Waals surface area contributed by atoms with E-state index < -0.39 is 5.60 Å². The zero-order chi connectivity index (χ0) is 12.3. The van der Waals surface area contributed by atoms with E-state index in [0.717, 1.165) is 5.56 Å². The average Bonchev–Trinajstić information content (AvgIpc) is 2.78. The van der Waals surface area contributed by atoms with E-state index in [9.17, 15) is 5.11 Å². The quantitative estimate of drug-likeness (QED) is 0.725. The Labute approximate surface area is 99.7 Å². The number of benzene rings is 1. The van der Waals surface area contributed by atoms with Crippen molar-refractivity contribution in [2.75, 3.05) is 6.54 Å². The van der Waals surface area contributed by atoms with E-state index in [1.165, 1.54) is 0 Å². The molecule has 2 aromatic rings. The molecular formula is C12H16N4O. The number of nitrogens with zero attached hydrogens (tertiary/aromatic N) is 2. The molecule has 0 amide bonds. The fourth-order valence-corrected chi connectivity index (χ4v) is 1.52. The molecule has 4 N–H and O–H groups in total. The second kappa shape index (κ2) is 4.65. The van der Waals surface area contributed by atoms with Crippen LogP contribution in [0, 0.1) is 0 Å². The van der Waals surface area contributed by atoms with Gasteiger partial charge in [0.15, 0.2) is 5.82 Å². The molecule has 0 spiro atoms. The second-order valence-electron chi connectivity index (χ2n) is 4.35. The van der Waals surface area contributed by atoms with Crippen LogP contribution < -0.4 is 5.73 Å². The van der Waals surface area contributed by atoms with Crippen molar-refractivity contribution < 1.29 is 5.11 Å². The van der Waals surface area contributed by atoms with Crippen molar-refractivity contribution in [1.82, 2.24) is 15.2 Å². The Morgan fingerprint density at radius 2 is 2.06 bits per heavy atom. The standard InChI is InChI=1S/C12H16N4O/c1-12(17,8-13)7-10-14-11(16-15-10)9-5-3-2-4-6-9/h2-6,17H,7-8,13H2,1H3,(H,14,15,16). The van der Waals surface area contributed by atoms with Crippen molar-refractivity contribution in [2.45, 2.75) is 18.9 Å². The van der Waals surface area contributed by atoms with Gasteiger partial charge in [0.1, 0.15) is 5.82 Å². The Morgan fingerprint density at radius 3 is 2.71 bits per heavy atom. The Kier molecular flexibility index (Phi) is 3.21. The van der Waals surface area contributed by atoms with Crippen molar-refractivity contribution in [1.29, 1.82) is 0 Å². The molecule has 5 heteroatoms. The van der Waals surface area contributed by atoms with E-state index in [-0.39, 0.29) is 6.54 Å². The van der Waals surface area contributed by atoms with Gasteiger partial charge in [-0.25, -0.2) is 4.98 Å². The molecule has 1 atom stereocenters. The minimum atomic E-state index is -0.951. The van der Waals surface area contributed by atoms with Crippen molar-refractivity contribution in [3.05, 3.63) is 36.2 Å². The number of H-pyrrole nitrogens is 1. The molecule has 0 aliphatic carbocycles. The third-order valence-corrected chi connectivity index (χ3v) is 2.55. The number of aromatic amines is 1. The summed E-state index contributed by atoms with van der Waals surface area (Å²) in [5.41, 5.74) is 5.46. The normalized spacial score (nSPS) is 14.5. The molecule has 1 aromatic carbocycles. The SMILES string of the molecule is CC(O)(CN)Cc1nc(-c2ccccc2)n[nH]1. The molecule has 0 fully saturated rings. The summed E-state index contributed by atoms with van der Waals surface area (Å²) in [5, 5.41) is 16.8. The summed E-state index contributed by atoms with van der Waals surface area (Å²) in [4.78, 5) is 4.33. The first-order valence-electron chi connectivity index (χ1n) is 5.50. The average molecular weight is 232 g/mol. The van der Waals surface area contributed by atoms with E-state index in [1.807, 2.05) is 30.3 Å². The molecule has 1 unspecified atom stereocenters. The zero-order valence-corrected chi connectivity index (χ0v) is 9.72. The van der Waals surface area contributed by atoms with Crippen LogP contribution in [0.2, 0.25) is 0 Å². The van der Waals surface area contributed by atoms with Crippen molar-refractivity contribution in [3.63, 3.8) is 0 Å². The van der Waals surface area contributed by atoms with Gasteiger partial charge in [0.25, 0.3) is 0 Å². The second-order valence-corrected chi connectivity index (χ2v) is 4.35. The van der Waals surface area contributed by atoms with Gasteiger partial charge >= 0.3 is 0 Å². The van der Waals surface area contributed by atoms with E-state index >= 15 is 0 Å². The third-order valence-electron chi connectivity index (χ3n) is 2.55. The van der Waals surface area contributed by atoms with Gasteiger partial charge in [-0.15, -0.1) is 0 Å². The van der Waals surface area contributed by atoms with Crippen LogP contribution in [-0.4, -0.2) is 32.4 Å². The van der Waals surface area contributed by atoms with Gasteiger partial charge in [-0.1, -0.05) is 30.3 Å². The first-order valence-corrected chi connectivity index (χ1v) is 5.50. The molecule has 5 nitrogen and oxygen atoms in total. The van der Waals surface area contributed by atoms with Gasteiger partial charge in [0, 0.05) is 18.5 Å². The Balaban J connectivity index is 2.17. The lowest BCUT2D eigenvalue weighted by molar-refractivity contribution is 0.0676. The number of aliphatic hydroxyl groups is 1. The van der Waals surface area contributed by atoms with Crippen LogP contribution in [0.1, 0.15) is 12.7 Å². The van der Waals surface area contributed by atoms with Crippen molar-refractivity contribution >= 4 is 0 Å². The highest BCUT2D eigenvalue weighted by molar-refractivity contribution is 5.53. The summed E-state index contributed by atoms with van der Waals surface area (Å²) in [7, 11) is 0. The summed E-state index contributed by atoms with van der Waals surface area (Å²) in [6.07, 6.45) is 0.364. The van der Waals surface area contributed by atoms with Crippen molar-refractivity contribution in [2.24, 2.45) is 5.73 Å². The van der Waals surface area contributed by atoms with E-state index in [0.29, 0.717) is 18.1 Å². The first kappa shape index (κ1) is 11.8. The number of hydrogen-bond acceptors (Lipinski definition) is 4. The molecule has 1 aromatic heterocycles. The van der Waals surface area contributed by atoms with E-state index in [2.05, 4.69) is 15.2 Å². The lowest BCUT2D eigenvalue weighted by Crippen LogP contribution is -2.36. The van der Waals surface area contributed by atoms with Gasteiger partial charge in [0.2, 0.25) is 0 Å². The maximum absolute atomic E-state index is 9.84. The number of nitrogens with one attached hydrogen (secondary N) is 1. The molecular weight excluding hydrogens is 216 g/mol. The Bertz CT molecular complexity index is 478. The monoisotopic (exact) mass is 232 g/mol. The highest BCUT2D eigenvalue weighted by Gasteiger charge is 2.21. The molecule has 0 aliphatic heterocycles. The lowest BCUT2D eigenvalue weighted by atomic mass is 10.0. The summed E-state index contributed by atoms with van der Waals surface area (Å²) < 4.78 is 0. The van der Waals surface area contributed by atoms with Crippen LogP contribution >= 0.6 is 0 Å². The molecule has 0 bridgehead atoms. The van der Waals surface area contributed by atoms with E-state index in [4.69, 9.17) is 5.73 Å². The van der Waals surface area contributed by atoms with Gasteiger partial charge < -0.3 is 10.8 Å². The Morgan fingerprint density at radius 1 is 1.35 bits per heavy atom. The maximum Gasteiger partial charge on any atom is 0.181 e. The van der Waals surface area contributed by atoms with E-state index in [1.54, 1.807) is 6.92 Å². The molecule has 2 rings (SSSR count). The summed E-state index contributed by atoms with van der Waals surface area (Å²) >= 11 is 0.